The Hall–Kier alpha value is -0.820. The maximum Gasteiger partial charge on any atom is 0.164 e. The minimum absolute atomic E-state index is 0.169. The van der Waals surface area contributed by atoms with Crippen molar-refractivity contribution in [1.29, 1.82) is 0 Å². The van der Waals surface area contributed by atoms with E-state index in [1.165, 1.54) is 0 Å². The van der Waals surface area contributed by atoms with Gasteiger partial charge in [-0.05, 0) is 24.5 Å². The lowest BCUT2D eigenvalue weighted by molar-refractivity contribution is 0.0959. The van der Waals surface area contributed by atoms with Crippen molar-refractivity contribution in [2.75, 3.05) is 0 Å². The summed E-state index contributed by atoms with van der Waals surface area (Å²) in [6.07, 6.45) is 2.70. The van der Waals surface area contributed by atoms with Crippen LogP contribution in [-0.4, -0.2) is 5.78 Å². The maximum atomic E-state index is 12.1. The number of Topliss-reactive ketones (excluding diaryl/α,β-unsaturated/α-hetero) is 1. The molecule has 0 aliphatic heterocycles. The zero-order valence-electron chi connectivity index (χ0n) is 10.2. The van der Waals surface area contributed by atoms with Gasteiger partial charge < -0.3 is 0 Å². The van der Waals surface area contributed by atoms with Crippen LogP contribution in [0.15, 0.2) is 18.2 Å². The average Bonchev–Trinajstić information content (AvgIpc) is 2.29. The number of benzene rings is 1. The first-order valence-corrected chi connectivity index (χ1v) is 6.26. The molecule has 0 heterocycles. The number of hydrogen-bond acceptors (Lipinski definition) is 1. The normalized spacial score (nSPS) is 10.8. The van der Waals surface area contributed by atoms with Crippen molar-refractivity contribution in [2.24, 2.45) is 5.92 Å². The number of aryl methyl sites for hydroxylation is 1. The lowest BCUT2D eigenvalue weighted by atomic mass is 9.93. The lowest BCUT2D eigenvalue weighted by Crippen LogP contribution is -2.08. The summed E-state index contributed by atoms with van der Waals surface area (Å²) in [4.78, 5) is 12.1. The van der Waals surface area contributed by atoms with E-state index in [0.717, 1.165) is 18.4 Å². The minimum Gasteiger partial charge on any atom is -0.294 e. The Morgan fingerprint density at radius 2 is 1.94 bits per heavy atom. The molecule has 0 aromatic heterocycles. The zero-order chi connectivity index (χ0) is 12.1. The van der Waals surface area contributed by atoms with Gasteiger partial charge in [0.05, 0.1) is 5.02 Å². The van der Waals surface area contributed by atoms with E-state index in [4.69, 9.17) is 11.6 Å². The standard InChI is InChI=1S/C14H19ClO/c1-4-11(5-2)9-13(16)12-8-6-7-10(3)14(12)15/h6-8,11H,4-5,9H2,1-3H3. The Kier molecular flexibility index (Phi) is 5.01. The second-order valence-electron chi connectivity index (χ2n) is 4.25. The fourth-order valence-corrected chi connectivity index (χ4v) is 2.04. The van der Waals surface area contributed by atoms with Crippen LogP contribution in [0.25, 0.3) is 0 Å². The fraction of sp³-hybridized carbons (Fsp3) is 0.500. The van der Waals surface area contributed by atoms with Crippen LogP contribution in [0.2, 0.25) is 5.02 Å². The van der Waals surface area contributed by atoms with E-state index >= 15 is 0 Å². The molecule has 1 rings (SSSR count). The van der Waals surface area contributed by atoms with Crippen LogP contribution in [0.5, 0.6) is 0 Å². The monoisotopic (exact) mass is 238 g/mol. The summed E-state index contributed by atoms with van der Waals surface area (Å²) in [7, 11) is 0. The van der Waals surface area contributed by atoms with E-state index in [1.807, 2.05) is 25.1 Å². The first-order chi connectivity index (χ1) is 7.60. The molecule has 16 heavy (non-hydrogen) atoms. The van der Waals surface area contributed by atoms with Crippen molar-refractivity contribution in [2.45, 2.75) is 40.0 Å². The van der Waals surface area contributed by atoms with Gasteiger partial charge in [0.2, 0.25) is 0 Å². The number of carbonyl (C=O) groups is 1. The number of hydrogen-bond donors (Lipinski definition) is 0. The van der Waals surface area contributed by atoms with Gasteiger partial charge in [0.1, 0.15) is 0 Å². The summed E-state index contributed by atoms with van der Waals surface area (Å²) in [6.45, 7) is 6.18. The molecular weight excluding hydrogens is 220 g/mol. The molecule has 0 fully saturated rings. The summed E-state index contributed by atoms with van der Waals surface area (Å²) in [6, 6.07) is 5.64. The highest BCUT2D eigenvalue weighted by molar-refractivity contribution is 6.34. The molecule has 0 spiro atoms. The molecule has 2 heteroatoms. The van der Waals surface area contributed by atoms with E-state index in [-0.39, 0.29) is 5.78 Å². The smallest absolute Gasteiger partial charge is 0.164 e. The summed E-state index contributed by atoms with van der Waals surface area (Å²) >= 11 is 6.14. The van der Waals surface area contributed by atoms with Crippen LogP contribution < -0.4 is 0 Å². The van der Waals surface area contributed by atoms with Crippen molar-refractivity contribution in [3.8, 4) is 0 Å². The summed E-state index contributed by atoms with van der Waals surface area (Å²) < 4.78 is 0. The molecule has 0 amide bonds. The fourth-order valence-electron chi connectivity index (χ4n) is 1.81. The van der Waals surface area contributed by atoms with Crippen LogP contribution in [0, 0.1) is 12.8 Å². The van der Waals surface area contributed by atoms with E-state index < -0.39 is 0 Å². The van der Waals surface area contributed by atoms with Gasteiger partial charge in [-0.25, -0.2) is 0 Å². The number of halogens is 1. The quantitative estimate of drug-likeness (QED) is 0.682. The molecule has 0 aliphatic carbocycles. The lowest BCUT2D eigenvalue weighted by Gasteiger charge is -2.12. The zero-order valence-corrected chi connectivity index (χ0v) is 11.0. The number of rotatable bonds is 5. The first kappa shape index (κ1) is 13.2. The van der Waals surface area contributed by atoms with Gasteiger partial charge in [0, 0.05) is 12.0 Å². The number of ketones is 1. The third kappa shape index (κ3) is 3.08. The highest BCUT2D eigenvalue weighted by Gasteiger charge is 2.15. The van der Waals surface area contributed by atoms with Gasteiger partial charge in [-0.1, -0.05) is 50.4 Å². The minimum atomic E-state index is 0.169. The molecule has 0 N–H and O–H groups in total. The third-order valence-corrected chi connectivity index (χ3v) is 3.62. The molecule has 0 aliphatic rings. The predicted molar refractivity (Wildman–Crippen MR) is 69.2 cm³/mol. The van der Waals surface area contributed by atoms with Crippen LogP contribution in [0.3, 0.4) is 0 Å². The molecule has 0 saturated heterocycles. The third-order valence-electron chi connectivity index (χ3n) is 3.12. The molecular formula is C14H19ClO. The van der Waals surface area contributed by atoms with Gasteiger partial charge in [-0.3, -0.25) is 4.79 Å². The number of carbonyl (C=O) groups excluding carboxylic acids is 1. The Balaban J connectivity index is 2.84. The Bertz CT molecular complexity index is 367. The van der Waals surface area contributed by atoms with Gasteiger partial charge in [-0.15, -0.1) is 0 Å². The summed E-state index contributed by atoms with van der Waals surface area (Å²) in [5.74, 6) is 0.645. The van der Waals surface area contributed by atoms with Crippen molar-refractivity contribution in [3.63, 3.8) is 0 Å². The summed E-state index contributed by atoms with van der Waals surface area (Å²) in [5, 5.41) is 0.610. The molecule has 1 aromatic carbocycles. The van der Waals surface area contributed by atoms with E-state index in [1.54, 1.807) is 0 Å². The highest BCUT2D eigenvalue weighted by atomic mass is 35.5. The van der Waals surface area contributed by atoms with Crippen LogP contribution >= 0.6 is 11.6 Å². The van der Waals surface area contributed by atoms with E-state index in [0.29, 0.717) is 22.9 Å². The van der Waals surface area contributed by atoms with Crippen LogP contribution in [0.4, 0.5) is 0 Å². The van der Waals surface area contributed by atoms with E-state index in [9.17, 15) is 4.79 Å². The second kappa shape index (κ2) is 6.05. The maximum absolute atomic E-state index is 12.1. The molecule has 0 bridgehead atoms. The Morgan fingerprint density at radius 1 is 1.31 bits per heavy atom. The SMILES string of the molecule is CCC(CC)CC(=O)c1cccc(C)c1Cl. The first-order valence-electron chi connectivity index (χ1n) is 5.88. The van der Waals surface area contributed by atoms with Gasteiger partial charge >= 0.3 is 0 Å². The molecule has 0 radical (unpaired) electrons. The van der Waals surface area contributed by atoms with Gasteiger partial charge in [-0.2, -0.15) is 0 Å². The largest absolute Gasteiger partial charge is 0.294 e. The topological polar surface area (TPSA) is 17.1 Å². The van der Waals surface area contributed by atoms with Crippen molar-refractivity contribution in [3.05, 3.63) is 34.3 Å². The van der Waals surface area contributed by atoms with Crippen LogP contribution in [0.1, 0.15) is 49.0 Å². The molecule has 0 unspecified atom stereocenters. The summed E-state index contributed by atoms with van der Waals surface area (Å²) in [5.41, 5.74) is 1.64. The predicted octanol–water partition coefficient (Wildman–Crippen LogP) is 4.66. The molecule has 1 nitrogen and oxygen atoms in total. The van der Waals surface area contributed by atoms with Crippen molar-refractivity contribution in [1.82, 2.24) is 0 Å². The van der Waals surface area contributed by atoms with Crippen molar-refractivity contribution < 1.29 is 4.79 Å². The molecule has 1 aromatic rings. The second-order valence-corrected chi connectivity index (χ2v) is 4.62. The van der Waals surface area contributed by atoms with Crippen molar-refractivity contribution >= 4 is 17.4 Å². The highest BCUT2D eigenvalue weighted by Crippen LogP contribution is 2.24. The molecule has 0 atom stereocenters. The molecule has 0 saturated carbocycles. The molecule has 88 valence electrons. The van der Waals surface area contributed by atoms with Gasteiger partial charge in [0.25, 0.3) is 0 Å². The Labute approximate surface area is 103 Å². The van der Waals surface area contributed by atoms with Crippen LogP contribution in [-0.2, 0) is 0 Å². The Morgan fingerprint density at radius 3 is 2.50 bits per heavy atom. The van der Waals surface area contributed by atoms with Gasteiger partial charge in [0.15, 0.2) is 5.78 Å². The van der Waals surface area contributed by atoms with E-state index in [2.05, 4.69) is 13.8 Å². The average molecular weight is 239 g/mol.